The molecule has 2 aromatic rings. The van der Waals surface area contributed by atoms with Gasteiger partial charge in [0.25, 0.3) is 10.0 Å². The maximum absolute atomic E-state index is 13.9. The minimum atomic E-state index is -4.65. The lowest BCUT2D eigenvalue weighted by Crippen LogP contribution is -2.36. The van der Waals surface area contributed by atoms with Crippen LogP contribution in [0.15, 0.2) is 27.9 Å². The molecular weight excluding hydrogens is 321 g/mol. The van der Waals surface area contributed by atoms with E-state index in [0.29, 0.717) is 5.56 Å². The van der Waals surface area contributed by atoms with Gasteiger partial charge in [-0.05, 0) is 24.6 Å². The van der Waals surface area contributed by atoms with E-state index in [1.165, 1.54) is 17.8 Å². The number of hydrogen-bond donors (Lipinski definition) is 2. The summed E-state index contributed by atoms with van der Waals surface area (Å²) in [6, 6.07) is 1.83. The van der Waals surface area contributed by atoms with E-state index in [-0.39, 0.29) is 15.8 Å². The molecule has 0 aliphatic rings. The van der Waals surface area contributed by atoms with Gasteiger partial charge in [0, 0.05) is 11.1 Å². The fourth-order valence-corrected chi connectivity index (χ4v) is 3.56. The van der Waals surface area contributed by atoms with Gasteiger partial charge in [0.05, 0.1) is 5.51 Å². The first-order chi connectivity index (χ1) is 9.75. The van der Waals surface area contributed by atoms with Gasteiger partial charge in [0.15, 0.2) is 5.82 Å². The van der Waals surface area contributed by atoms with Crippen LogP contribution in [-0.4, -0.2) is 24.6 Å². The highest BCUT2D eigenvalue weighted by molar-refractivity contribution is 7.93. The number of anilines is 2. The zero-order chi connectivity index (χ0) is 15.8. The van der Waals surface area contributed by atoms with Crippen molar-refractivity contribution in [3.05, 3.63) is 34.4 Å². The molecule has 21 heavy (non-hydrogen) atoms. The van der Waals surface area contributed by atoms with Gasteiger partial charge in [-0.1, -0.05) is 0 Å². The molecule has 1 heterocycles. The number of carboxylic acid groups (broad SMARTS) is 1. The Labute approximate surface area is 123 Å². The highest BCUT2D eigenvalue weighted by atomic mass is 32.2. The lowest BCUT2D eigenvalue weighted by Gasteiger charge is -2.17. The maximum atomic E-state index is 13.9. The molecule has 2 rings (SSSR count). The average molecular weight is 331 g/mol. The zero-order valence-electron chi connectivity index (χ0n) is 10.6. The maximum Gasteiger partial charge on any atom is 0.427 e. The zero-order valence-corrected chi connectivity index (χ0v) is 12.3. The fraction of sp³-hybridized carbons (Fsp3) is 0.0909. The van der Waals surface area contributed by atoms with E-state index in [9.17, 15) is 17.6 Å². The summed E-state index contributed by atoms with van der Waals surface area (Å²) in [5.41, 5.74) is 7.15. The van der Waals surface area contributed by atoms with Crippen LogP contribution >= 0.6 is 11.3 Å². The van der Waals surface area contributed by atoms with E-state index in [1.807, 2.05) is 0 Å². The Morgan fingerprint density at radius 2 is 2.14 bits per heavy atom. The number of benzene rings is 1. The average Bonchev–Trinajstić information content (AvgIpc) is 2.86. The predicted molar refractivity (Wildman–Crippen MR) is 75.4 cm³/mol. The van der Waals surface area contributed by atoms with Crippen molar-refractivity contribution in [2.24, 2.45) is 0 Å². The SMILES string of the molecule is Cc1cc(S(=O)(=O)N(C(=O)O)c2cscn2)c(F)cc1N. The van der Waals surface area contributed by atoms with Crippen molar-refractivity contribution in [2.45, 2.75) is 11.8 Å². The number of rotatable bonds is 3. The summed E-state index contributed by atoms with van der Waals surface area (Å²) in [4.78, 5) is 14.1. The third-order valence-corrected chi connectivity index (χ3v) is 4.91. The van der Waals surface area contributed by atoms with Crippen molar-refractivity contribution in [1.82, 2.24) is 4.98 Å². The quantitative estimate of drug-likeness (QED) is 0.832. The number of sulfonamides is 1. The lowest BCUT2D eigenvalue weighted by atomic mass is 10.2. The third kappa shape index (κ3) is 2.67. The topological polar surface area (TPSA) is 114 Å². The molecule has 1 aromatic heterocycles. The minimum Gasteiger partial charge on any atom is -0.464 e. The summed E-state index contributed by atoms with van der Waals surface area (Å²) < 4.78 is 38.7. The van der Waals surface area contributed by atoms with Gasteiger partial charge in [0.1, 0.15) is 10.7 Å². The number of aryl methyl sites for hydroxylation is 1. The van der Waals surface area contributed by atoms with E-state index in [0.717, 1.165) is 23.5 Å². The van der Waals surface area contributed by atoms with Gasteiger partial charge in [-0.2, -0.15) is 0 Å². The molecule has 0 saturated carbocycles. The molecule has 10 heteroatoms. The normalized spacial score (nSPS) is 11.3. The van der Waals surface area contributed by atoms with Crippen LogP contribution in [0.5, 0.6) is 0 Å². The summed E-state index contributed by atoms with van der Waals surface area (Å²) in [7, 11) is -4.65. The van der Waals surface area contributed by atoms with Crippen LogP contribution in [0.4, 0.5) is 20.7 Å². The summed E-state index contributed by atoms with van der Waals surface area (Å²) in [5.74, 6) is -1.44. The van der Waals surface area contributed by atoms with Crippen LogP contribution in [0.25, 0.3) is 0 Å². The molecular formula is C11H10FN3O4S2. The molecule has 0 aliphatic carbocycles. The second-order valence-electron chi connectivity index (χ2n) is 4.04. The molecule has 1 aromatic carbocycles. The van der Waals surface area contributed by atoms with Crippen LogP contribution in [0, 0.1) is 12.7 Å². The Morgan fingerprint density at radius 1 is 1.48 bits per heavy atom. The van der Waals surface area contributed by atoms with Crippen molar-refractivity contribution >= 4 is 39.0 Å². The Bertz CT molecular complexity index is 790. The van der Waals surface area contributed by atoms with Crippen molar-refractivity contribution < 1.29 is 22.7 Å². The largest absolute Gasteiger partial charge is 0.464 e. The Balaban J connectivity index is 2.65. The van der Waals surface area contributed by atoms with Gasteiger partial charge in [-0.3, -0.25) is 0 Å². The number of nitrogens with zero attached hydrogens (tertiary/aromatic N) is 2. The molecule has 0 bridgehead atoms. The first-order valence-electron chi connectivity index (χ1n) is 5.47. The molecule has 7 nitrogen and oxygen atoms in total. The molecule has 0 spiro atoms. The summed E-state index contributed by atoms with van der Waals surface area (Å²) in [5, 5.41) is 10.4. The fourth-order valence-electron chi connectivity index (χ4n) is 1.60. The van der Waals surface area contributed by atoms with Crippen LogP contribution in [0.2, 0.25) is 0 Å². The smallest absolute Gasteiger partial charge is 0.427 e. The number of carbonyl (C=O) groups is 1. The molecule has 0 unspecified atom stereocenters. The Morgan fingerprint density at radius 3 is 2.67 bits per heavy atom. The second-order valence-corrected chi connectivity index (χ2v) is 6.51. The number of hydrogen-bond acceptors (Lipinski definition) is 6. The number of aromatic nitrogens is 1. The number of thiazole rings is 1. The molecule has 0 atom stereocenters. The van der Waals surface area contributed by atoms with Crippen molar-refractivity contribution in [2.75, 3.05) is 10.0 Å². The van der Waals surface area contributed by atoms with Crippen molar-refractivity contribution in [1.29, 1.82) is 0 Å². The minimum absolute atomic E-state index is 0.0253. The highest BCUT2D eigenvalue weighted by Crippen LogP contribution is 2.28. The second kappa shape index (κ2) is 5.30. The third-order valence-electron chi connectivity index (χ3n) is 2.64. The monoisotopic (exact) mass is 331 g/mol. The van der Waals surface area contributed by atoms with Gasteiger partial charge >= 0.3 is 6.09 Å². The van der Waals surface area contributed by atoms with Gasteiger partial charge in [0.2, 0.25) is 0 Å². The number of nitrogens with two attached hydrogens (primary N) is 1. The highest BCUT2D eigenvalue weighted by Gasteiger charge is 2.34. The standard InChI is InChI=1S/C11H10FN3O4S2/c1-6-2-9(7(12)3-8(6)13)21(18,19)15(11(16)17)10-4-20-5-14-10/h2-5H,13H2,1H3,(H,16,17). The molecule has 0 aliphatic heterocycles. The summed E-state index contributed by atoms with van der Waals surface area (Å²) in [6.45, 7) is 1.49. The van der Waals surface area contributed by atoms with E-state index in [1.54, 1.807) is 0 Å². The molecule has 1 amide bonds. The van der Waals surface area contributed by atoms with E-state index in [2.05, 4.69) is 4.98 Å². The Hall–Kier alpha value is -2.20. The first-order valence-corrected chi connectivity index (χ1v) is 7.85. The van der Waals surface area contributed by atoms with Crippen molar-refractivity contribution in [3.63, 3.8) is 0 Å². The van der Waals surface area contributed by atoms with Gasteiger partial charge in [-0.25, -0.2) is 22.6 Å². The van der Waals surface area contributed by atoms with Gasteiger partial charge in [-0.15, -0.1) is 15.6 Å². The first kappa shape index (κ1) is 15.2. The molecule has 3 N–H and O–H groups in total. The van der Waals surface area contributed by atoms with Crippen molar-refractivity contribution in [3.8, 4) is 0 Å². The summed E-state index contributed by atoms with van der Waals surface area (Å²) >= 11 is 1.01. The van der Waals surface area contributed by atoms with Crippen LogP contribution < -0.4 is 10.0 Å². The molecule has 0 fully saturated rings. The molecule has 0 saturated heterocycles. The molecule has 0 radical (unpaired) electrons. The van der Waals surface area contributed by atoms with Crippen LogP contribution in [0.3, 0.4) is 0 Å². The number of amides is 1. The van der Waals surface area contributed by atoms with E-state index < -0.39 is 26.8 Å². The van der Waals surface area contributed by atoms with Crippen LogP contribution in [-0.2, 0) is 10.0 Å². The molecule has 112 valence electrons. The van der Waals surface area contributed by atoms with E-state index in [4.69, 9.17) is 10.8 Å². The Kier molecular flexibility index (Phi) is 3.83. The van der Waals surface area contributed by atoms with Gasteiger partial charge < -0.3 is 10.8 Å². The number of nitrogen functional groups attached to an aromatic ring is 1. The summed E-state index contributed by atoms with van der Waals surface area (Å²) in [6.07, 6.45) is -1.78. The predicted octanol–water partition coefficient (Wildman–Crippen LogP) is 2.05. The number of halogens is 1. The lowest BCUT2D eigenvalue weighted by molar-refractivity contribution is 0.206. The van der Waals surface area contributed by atoms with E-state index >= 15 is 0 Å². The van der Waals surface area contributed by atoms with Crippen LogP contribution in [0.1, 0.15) is 5.56 Å².